The van der Waals surface area contributed by atoms with Gasteiger partial charge in [0.05, 0.1) is 5.69 Å². The minimum absolute atomic E-state index is 0.478. The number of hydrogen-bond donors (Lipinski definition) is 0. The highest BCUT2D eigenvalue weighted by Crippen LogP contribution is 2.23. The van der Waals surface area contributed by atoms with Gasteiger partial charge in [0.1, 0.15) is 0 Å². The number of aromatic nitrogens is 2. The minimum Gasteiger partial charge on any atom is -0.293 e. The largest absolute Gasteiger partial charge is 0.293 e. The van der Waals surface area contributed by atoms with Gasteiger partial charge in [0, 0.05) is 25.0 Å². The van der Waals surface area contributed by atoms with E-state index in [0.717, 1.165) is 19.4 Å². The van der Waals surface area contributed by atoms with Crippen LogP contribution in [0.2, 0.25) is 0 Å². The Hall–Kier alpha value is -1.38. The van der Waals surface area contributed by atoms with Crippen molar-refractivity contribution in [2.24, 2.45) is 16.8 Å². The van der Waals surface area contributed by atoms with Crippen molar-refractivity contribution < 1.29 is 0 Å². The first-order valence-corrected chi connectivity index (χ1v) is 10.9. The van der Waals surface area contributed by atoms with Crippen molar-refractivity contribution >= 4 is 5.71 Å². The Balaban J connectivity index is 0.00000326. The Kier molecular flexibility index (Phi) is 12.2. The lowest BCUT2D eigenvalue weighted by molar-refractivity contribution is 0.523. The minimum atomic E-state index is 0.478. The van der Waals surface area contributed by atoms with Crippen molar-refractivity contribution in [1.82, 2.24) is 9.78 Å². The van der Waals surface area contributed by atoms with Gasteiger partial charge in [-0.1, -0.05) is 74.8 Å². The zero-order valence-electron chi connectivity index (χ0n) is 19.9. The van der Waals surface area contributed by atoms with Gasteiger partial charge in [-0.3, -0.25) is 9.67 Å². The number of aryl methyl sites for hydroxylation is 1. The number of rotatable bonds is 9. The molecule has 0 amide bonds. The second kappa shape index (κ2) is 12.9. The van der Waals surface area contributed by atoms with Gasteiger partial charge in [-0.05, 0) is 48.7 Å². The molecule has 0 saturated heterocycles. The highest BCUT2D eigenvalue weighted by molar-refractivity contribution is 5.96. The summed E-state index contributed by atoms with van der Waals surface area (Å²) in [5.41, 5.74) is 5.27. The molecule has 0 N–H and O–H groups in total. The maximum Gasteiger partial charge on any atom is 0.0652 e. The molecule has 27 heavy (non-hydrogen) atoms. The third-order valence-corrected chi connectivity index (χ3v) is 4.77. The summed E-state index contributed by atoms with van der Waals surface area (Å²) >= 11 is 0. The second-order valence-corrected chi connectivity index (χ2v) is 8.31. The van der Waals surface area contributed by atoms with Crippen molar-refractivity contribution in [1.29, 1.82) is 0 Å². The van der Waals surface area contributed by atoms with E-state index in [1.54, 1.807) is 0 Å². The van der Waals surface area contributed by atoms with Crippen LogP contribution in [-0.4, -0.2) is 22.5 Å². The van der Waals surface area contributed by atoms with Crippen LogP contribution in [0.4, 0.5) is 0 Å². The standard InChI is InChI=1S/C22H39N3.C2H6/c1-15(2)19(13-20(23-9)16(3)4)11-10-12-25-22(18(7)8)14-21(24-25)17(5)6;1-2/h13-18H,10-12H2,1-9H3;1-2H3/b19-13+,23-20?;. The van der Waals surface area contributed by atoms with Crippen molar-refractivity contribution in [2.45, 2.75) is 100 Å². The van der Waals surface area contributed by atoms with Crippen LogP contribution >= 0.6 is 0 Å². The zero-order chi connectivity index (χ0) is 21.1. The smallest absolute Gasteiger partial charge is 0.0652 e. The van der Waals surface area contributed by atoms with E-state index in [1.807, 2.05) is 20.9 Å². The topological polar surface area (TPSA) is 30.2 Å². The molecule has 0 bridgehead atoms. The van der Waals surface area contributed by atoms with Crippen LogP contribution in [-0.2, 0) is 6.54 Å². The first kappa shape index (κ1) is 25.6. The molecule has 0 aromatic carbocycles. The summed E-state index contributed by atoms with van der Waals surface area (Å²) in [6, 6.07) is 2.29. The van der Waals surface area contributed by atoms with Gasteiger partial charge in [-0.15, -0.1) is 0 Å². The monoisotopic (exact) mass is 375 g/mol. The first-order chi connectivity index (χ1) is 12.7. The highest BCUT2D eigenvalue weighted by Gasteiger charge is 2.14. The molecule has 1 aromatic heterocycles. The Bertz CT molecular complexity index is 587. The van der Waals surface area contributed by atoms with Gasteiger partial charge in [0.15, 0.2) is 0 Å². The fourth-order valence-electron chi connectivity index (χ4n) is 3.02. The molecule has 0 atom stereocenters. The SMILES string of the molecule is CC.CN=C(/C=C(\CCCn1nc(C(C)C)cc1C(C)C)C(C)C)C(C)C. The van der Waals surface area contributed by atoms with E-state index in [2.05, 4.69) is 77.2 Å². The van der Waals surface area contributed by atoms with Gasteiger partial charge < -0.3 is 0 Å². The van der Waals surface area contributed by atoms with Crippen LogP contribution in [0.15, 0.2) is 22.7 Å². The Morgan fingerprint density at radius 1 is 1.00 bits per heavy atom. The Morgan fingerprint density at radius 3 is 2.00 bits per heavy atom. The number of hydrogen-bond acceptors (Lipinski definition) is 2. The quantitative estimate of drug-likeness (QED) is 0.418. The maximum atomic E-state index is 4.85. The van der Waals surface area contributed by atoms with Gasteiger partial charge in [0.25, 0.3) is 0 Å². The molecule has 0 saturated carbocycles. The van der Waals surface area contributed by atoms with Crippen molar-refractivity contribution in [3.63, 3.8) is 0 Å². The molecule has 156 valence electrons. The molecule has 0 aliphatic rings. The van der Waals surface area contributed by atoms with Gasteiger partial charge in [0.2, 0.25) is 0 Å². The van der Waals surface area contributed by atoms with Gasteiger partial charge in [-0.25, -0.2) is 0 Å². The summed E-state index contributed by atoms with van der Waals surface area (Å²) in [5, 5.41) is 4.85. The summed E-state index contributed by atoms with van der Waals surface area (Å²) in [6.45, 7) is 22.9. The predicted octanol–water partition coefficient (Wildman–Crippen LogP) is 7.25. The molecule has 0 fully saturated rings. The molecule has 1 rings (SSSR count). The summed E-state index contributed by atoms with van der Waals surface area (Å²) in [5.74, 6) is 2.04. The Morgan fingerprint density at radius 2 is 1.59 bits per heavy atom. The summed E-state index contributed by atoms with van der Waals surface area (Å²) in [6.07, 6.45) is 4.55. The number of aliphatic imine (C=N–C) groups is 1. The molecule has 1 heterocycles. The molecular weight excluding hydrogens is 330 g/mol. The molecule has 0 radical (unpaired) electrons. The lowest BCUT2D eigenvalue weighted by Crippen LogP contribution is -2.10. The predicted molar refractivity (Wildman–Crippen MR) is 122 cm³/mol. The van der Waals surface area contributed by atoms with E-state index in [4.69, 9.17) is 5.10 Å². The summed E-state index contributed by atoms with van der Waals surface area (Å²) in [7, 11) is 1.90. The fourth-order valence-corrected chi connectivity index (χ4v) is 3.02. The van der Waals surface area contributed by atoms with E-state index in [-0.39, 0.29) is 0 Å². The van der Waals surface area contributed by atoms with Crippen LogP contribution < -0.4 is 0 Å². The van der Waals surface area contributed by atoms with Crippen molar-refractivity contribution in [3.8, 4) is 0 Å². The number of allylic oxidation sites excluding steroid dienone is 2. The van der Waals surface area contributed by atoms with Crippen LogP contribution in [0.5, 0.6) is 0 Å². The molecule has 1 aromatic rings. The lowest BCUT2D eigenvalue weighted by Gasteiger charge is -2.15. The molecule has 0 unspecified atom stereocenters. The van der Waals surface area contributed by atoms with Crippen molar-refractivity contribution in [3.05, 3.63) is 29.1 Å². The average molecular weight is 376 g/mol. The molecule has 3 nitrogen and oxygen atoms in total. The maximum absolute atomic E-state index is 4.85. The van der Waals surface area contributed by atoms with Crippen LogP contribution in [0.3, 0.4) is 0 Å². The molecule has 0 spiro atoms. The normalized spacial score (nSPS) is 13.0. The van der Waals surface area contributed by atoms with Crippen molar-refractivity contribution in [2.75, 3.05) is 7.05 Å². The van der Waals surface area contributed by atoms with E-state index >= 15 is 0 Å². The third-order valence-electron chi connectivity index (χ3n) is 4.77. The van der Waals surface area contributed by atoms with Gasteiger partial charge >= 0.3 is 0 Å². The average Bonchev–Trinajstić information content (AvgIpc) is 3.03. The van der Waals surface area contributed by atoms with E-state index in [1.165, 1.54) is 22.7 Å². The zero-order valence-corrected chi connectivity index (χ0v) is 19.9. The highest BCUT2D eigenvalue weighted by atomic mass is 15.3. The van der Waals surface area contributed by atoms with E-state index in [0.29, 0.717) is 23.7 Å². The van der Waals surface area contributed by atoms with Crippen LogP contribution in [0.1, 0.15) is 105 Å². The van der Waals surface area contributed by atoms with E-state index < -0.39 is 0 Å². The van der Waals surface area contributed by atoms with E-state index in [9.17, 15) is 0 Å². The Labute approximate surface area is 169 Å². The molecule has 0 aliphatic heterocycles. The van der Waals surface area contributed by atoms with Gasteiger partial charge in [-0.2, -0.15) is 5.10 Å². The van der Waals surface area contributed by atoms with Crippen LogP contribution in [0, 0.1) is 11.8 Å². The lowest BCUT2D eigenvalue weighted by atomic mass is 9.94. The number of nitrogens with zero attached hydrogens (tertiary/aromatic N) is 3. The van der Waals surface area contributed by atoms with Crippen LogP contribution in [0.25, 0.3) is 0 Å². The summed E-state index contributed by atoms with van der Waals surface area (Å²) < 4.78 is 2.23. The second-order valence-electron chi connectivity index (χ2n) is 8.31. The molecular formula is C24H45N3. The molecule has 3 heteroatoms. The third kappa shape index (κ3) is 8.45. The molecule has 0 aliphatic carbocycles. The first-order valence-electron chi connectivity index (χ1n) is 10.9. The fraction of sp³-hybridized carbons (Fsp3) is 0.750. The summed E-state index contributed by atoms with van der Waals surface area (Å²) in [4.78, 5) is 4.46.